The highest BCUT2D eigenvalue weighted by Crippen LogP contribution is 2.29. The lowest BCUT2D eigenvalue weighted by Crippen LogP contribution is -2.28. The number of ether oxygens (including phenoxy) is 1. The van der Waals surface area contributed by atoms with Gasteiger partial charge >= 0.3 is 5.97 Å². The zero-order valence-electron chi connectivity index (χ0n) is 15.4. The molecule has 3 rings (SSSR count). The molecule has 0 aliphatic heterocycles. The molecule has 1 fully saturated rings. The molecule has 6 nitrogen and oxygen atoms in total. The number of carbonyl (C=O) groups excluding carboxylic acids is 3. The molecule has 0 aromatic heterocycles. The van der Waals surface area contributed by atoms with E-state index in [4.69, 9.17) is 0 Å². The number of methoxy groups -OCH3 is 1. The normalized spacial score (nSPS) is 13.4. The van der Waals surface area contributed by atoms with Crippen molar-refractivity contribution in [3.63, 3.8) is 0 Å². The summed E-state index contributed by atoms with van der Waals surface area (Å²) in [6, 6.07) is 4.33. The number of hydrogen-bond acceptors (Lipinski definition) is 4. The van der Waals surface area contributed by atoms with Gasteiger partial charge in [-0.05, 0) is 37.1 Å². The molecule has 0 saturated heterocycles. The fourth-order valence-corrected chi connectivity index (χ4v) is 2.82. The number of benzene rings is 2. The summed E-state index contributed by atoms with van der Waals surface area (Å²) >= 11 is 0. The maximum atomic E-state index is 14.1. The van der Waals surface area contributed by atoms with Crippen molar-refractivity contribution < 1.29 is 32.3 Å². The molecule has 152 valence electrons. The zero-order valence-corrected chi connectivity index (χ0v) is 15.4. The van der Waals surface area contributed by atoms with Crippen molar-refractivity contribution in [1.29, 1.82) is 0 Å². The van der Waals surface area contributed by atoms with E-state index in [1.807, 2.05) is 0 Å². The van der Waals surface area contributed by atoms with Crippen molar-refractivity contribution in [2.45, 2.75) is 19.3 Å². The summed E-state index contributed by atoms with van der Waals surface area (Å²) in [5.41, 5.74) is -1.17. The lowest BCUT2D eigenvalue weighted by atomic mass is 9.85. The second-order valence-electron chi connectivity index (χ2n) is 6.60. The van der Waals surface area contributed by atoms with E-state index in [1.165, 1.54) is 0 Å². The molecule has 0 radical (unpaired) electrons. The molecule has 0 unspecified atom stereocenters. The van der Waals surface area contributed by atoms with Crippen molar-refractivity contribution in [3.05, 3.63) is 58.9 Å². The van der Waals surface area contributed by atoms with Crippen LogP contribution in [0, 0.1) is 23.4 Å². The number of carbonyl (C=O) groups is 3. The highest BCUT2D eigenvalue weighted by atomic mass is 19.1. The van der Waals surface area contributed by atoms with Crippen LogP contribution >= 0.6 is 0 Å². The van der Waals surface area contributed by atoms with Crippen LogP contribution in [0.2, 0.25) is 0 Å². The van der Waals surface area contributed by atoms with Gasteiger partial charge in [-0.15, -0.1) is 0 Å². The minimum atomic E-state index is -1.16. The lowest BCUT2D eigenvalue weighted by Gasteiger charge is -2.24. The minimum absolute atomic E-state index is 0.126. The van der Waals surface area contributed by atoms with Gasteiger partial charge in [0.2, 0.25) is 5.91 Å². The van der Waals surface area contributed by atoms with E-state index in [0.29, 0.717) is 18.9 Å². The minimum Gasteiger partial charge on any atom is -0.465 e. The molecule has 2 aromatic rings. The first-order valence-corrected chi connectivity index (χ1v) is 8.78. The monoisotopic (exact) mass is 406 g/mol. The van der Waals surface area contributed by atoms with Crippen molar-refractivity contribution in [2.75, 3.05) is 17.7 Å². The van der Waals surface area contributed by atoms with Crippen LogP contribution in [0.5, 0.6) is 0 Å². The van der Waals surface area contributed by atoms with Gasteiger partial charge in [0.15, 0.2) is 0 Å². The van der Waals surface area contributed by atoms with Gasteiger partial charge in [-0.2, -0.15) is 0 Å². The van der Waals surface area contributed by atoms with Gasteiger partial charge in [-0.3, -0.25) is 9.59 Å². The number of rotatable bonds is 5. The highest BCUT2D eigenvalue weighted by Gasteiger charge is 2.26. The van der Waals surface area contributed by atoms with Crippen LogP contribution in [0.1, 0.15) is 40.0 Å². The first kappa shape index (κ1) is 20.4. The van der Waals surface area contributed by atoms with Crippen LogP contribution < -0.4 is 10.6 Å². The third kappa shape index (κ3) is 4.56. The standard InChI is InChI=1S/C20H17F3N2O4/c1-29-20(28)11-5-12(21)7-13(6-11)24-19(27)14-8-17(16(23)9-15(14)22)25-18(26)10-3-2-4-10/h5-10H,2-4H2,1H3,(H,24,27)(H,25,26). The molecule has 2 N–H and O–H groups in total. The van der Waals surface area contributed by atoms with E-state index in [2.05, 4.69) is 15.4 Å². The van der Waals surface area contributed by atoms with Crippen LogP contribution in [0.25, 0.3) is 0 Å². The summed E-state index contributed by atoms with van der Waals surface area (Å²) in [5, 5.41) is 4.60. The molecule has 1 aliphatic carbocycles. The molecule has 0 atom stereocenters. The predicted molar refractivity (Wildman–Crippen MR) is 98.0 cm³/mol. The summed E-state index contributed by atoms with van der Waals surface area (Å²) < 4.78 is 46.3. The lowest BCUT2D eigenvalue weighted by molar-refractivity contribution is -0.122. The fourth-order valence-electron chi connectivity index (χ4n) is 2.82. The van der Waals surface area contributed by atoms with Crippen LogP contribution in [-0.2, 0) is 9.53 Å². The Bertz CT molecular complexity index is 990. The molecule has 2 aromatic carbocycles. The maximum absolute atomic E-state index is 14.1. The predicted octanol–water partition coefficient (Wildman–Crippen LogP) is 3.88. The number of nitrogens with one attached hydrogen (secondary N) is 2. The van der Waals surface area contributed by atoms with Crippen LogP contribution in [0.15, 0.2) is 30.3 Å². The summed E-state index contributed by atoms with van der Waals surface area (Å²) in [6.45, 7) is 0. The van der Waals surface area contributed by atoms with Gasteiger partial charge in [0.05, 0.1) is 23.9 Å². The molecule has 0 bridgehead atoms. The van der Waals surface area contributed by atoms with E-state index < -0.39 is 40.8 Å². The molecule has 1 aliphatic rings. The van der Waals surface area contributed by atoms with Crippen molar-refractivity contribution in [2.24, 2.45) is 5.92 Å². The molecule has 0 heterocycles. The summed E-state index contributed by atoms with van der Waals surface area (Å²) in [5.74, 6) is -5.48. The van der Waals surface area contributed by atoms with Gasteiger partial charge in [0, 0.05) is 17.7 Å². The maximum Gasteiger partial charge on any atom is 0.338 e. The summed E-state index contributed by atoms with van der Waals surface area (Å²) in [7, 11) is 1.11. The second-order valence-corrected chi connectivity index (χ2v) is 6.60. The Morgan fingerprint density at radius 3 is 2.31 bits per heavy atom. The Morgan fingerprint density at radius 2 is 1.69 bits per heavy atom. The molecule has 29 heavy (non-hydrogen) atoms. The van der Waals surface area contributed by atoms with Gasteiger partial charge < -0.3 is 15.4 Å². The van der Waals surface area contributed by atoms with E-state index in [-0.39, 0.29) is 22.9 Å². The Morgan fingerprint density at radius 1 is 0.966 bits per heavy atom. The van der Waals surface area contributed by atoms with E-state index in [0.717, 1.165) is 37.8 Å². The van der Waals surface area contributed by atoms with Crippen LogP contribution in [0.4, 0.5) is 24.5 Å². The summed E-state index contributed by atoms with van der Waals surface area (Å²) in [4.78, 5) is 36.0. The van der Waals surface area contributed by atoms with Gasteiger partial charge in [0.25, 0.3) is 5.91 Å². The van der Waals surface area contributed by atoms with Crippen molar-refractivity contribution in [1.82, 2.24) is 0 Å². The summed E-state index contributed by atoms with van der Waals surface area (Å²) in [6.07, 6.45) is 2.27. The first-order valence-electron chi connectivity index (χ1n) is 8.78. The molecular formula is C20H17F3N2O4. The number of amides is 2. The Balaban J connectivity index is 1.83. The van der Waals surface area contributed by atoms with Gasteiger partial charge in [-0.1, -0.05) is 6.42 Å². The topological polar surface area (TPSA) is 84.5 Å². The average Bonchev–Trinajstić information content (AvgIpc) is 2.61. The van der Waals surface area contributed by atoms with E-state index >= 15 is 0 Å². The third-order valence-corrected chi connectivity index (χ3v) is 4.61. The molecule has 9 heteroatoms. The number of halogens is 3. The first-order chi connectivity index (χ1) is 13.8. The van der Waals surface area contributed by atoms with Crippen LogP contribution in [0.3, 0.4) is 0 Å². The van der Waals surface area contributed by atoms with E-state index in [1.54, 1.807) is 0 Å². The number of hydrogen-bond donors (Lipinski definition) is 2. The van der Waals surface area contributed by atoms with E-state index in [9.17, 15) is 27.6 Å². The SMILES string of the molecule is COC(=O)c1cc(F)cc(NC(=O)c2cc(NC(=O)C3CCC3)c(F)cc2F)c1. The zero-order chi connectivity index (χ0) is 21.1. The molecule has 2 amide bonds. The highest BCUT2D eigenvalue weighted by molar-refractivity contribution is 6.06. The van der Waals surface area contributed by atoms with Gasteiger partial charge in [0.1, 0.15) is 17.5 Å². The number of anilines is 2. The van der Waals surface area contributed by atoms with Crippen molar-refractivity contribution in [3.8, 4) is 0 Å². The molecule has 1 saturated carbocycles. The van der Waals surface area contributed by atoms with Crippen molar-refractivity contribution >= 4 is 29.2 Å². The smallest absolute Gasteiger partial charge is 0.338 e. The fraction of sp³-hybridized carbons (Fsp3) is 0.250. The Labute approximate surface area is 164 Å². The Hall–Kier alpha value is -3.36. The van der Waals surface area contributed by atoms with Crippen LogP contribution in [-0.4, -0.2) is 24.9 Å². The third-order valence-electron chi connectivity index (χ3n) is 4.61. The second kappa shape index (κ2) is 8.34. The average molecular weight is 406 g/mol. The largest absolute Gasteiger partial charge is 0.465 e. The van der Waals surface area contributed by atoms with Gasteiger partial charge in [-0.25, -0.2) is 18.0 Å². The number of esters is 1. The molecule has 0 spiro atoms. The quantitative estimate of drug-likeness (QED) is 0.738. The molecular weight excluding hydrogens is 389 g/mol. The Kier molecular flexibility index (Phi) is 5.86.